The molecular formula is C22H20Cl2N2O3S. The first-order valence-corrected chi connectivity index (χ1v) is 11.3. The van der Waals surface area contributed by atoms with Crippen LogP contribution in [0.1, 0.15) is 5.56 Å². The molecular weight excluding hydrogens is 443 g/mol. The van der Waals surface area contributed by atoms with Gasteiger partial charge in [0, 0.05) is 24.3 Å². The van der Waals surface area contributed by atoms with E-state index in [9.17, 15) is 13.2 Å². The van der Waals surface area contributed by atoms with Gasteiger partial charge in [0.25, 0.3) is 0 Å². The predicted octanol–water partition coefficient (Wildman–Crippen LogP) is 4.85. The molecule has 0 saturated heterocycles. The Labute approximate surface area is 186 Å². The zero-order valence-corrected chi connectivity index (χ0v) is 18.5. The van der Waals surface area contributed by atoms with Crippen molar-refractivity contribution in [3.05, 3.63) is 94.5 Å². The number of anilines is 1. The van der Waals surface area contributed by atoms with Gasteiger partial charge in [0.05, 0.1) is 11.6 Å². The van der Waals surface area contributed by atoms with Crippen LogP contribution in [0.15, 0.2) is 83.8 Å². The lowest BCUT2D eigenvalue weighted by molar-refractivity contribution is -0.118. The standard InChI is InChI=1S/C22H20Cl2N2O3S/c1-25(19-10-6-3-7-11-19)22(27)16-26(15-17-8-4-2-5-9-17)30(28,29)21-14-18(23)12-13-20(21)24/h2-14H,15-16H2,1H3. The van der Waals surface area contributed by atoms with Gasteiger partial charge in [0.1, 0.15) is 4.90 Å². The lowest BCUT2D eigenvalue weighted by atomic mass is 10.2. The van der Waals surface area contributed by atoms with Crippen LogP contribution in [0.25, 0.3) is 0 Å². The van der Waals surface area contributed by atoms with Gasteiger partial charge in [0.15, 0.2) is 0 Å². The number of amides is 1. The Kier molecular flexibility index (Phi) is 7.15. The van der Waals surface area contributed by atoms with Crippen LogP contribution in [0.4, 0.5) is 5.69 Å². The minimum Gasteiger partial charge on any atom is -0.314 e. The quantitative estimate of drug-likeness (QED) is 0.504. The molecule has 1 amide bonds. The zero-order valence-electron chi connectivity index (χ0n) is 16.2. The molecule has 0 fully saturated rings. The Morgan fingerprint density at radius 3 is 2.13 bits per heavy atom. The summed E-state index contributed by atoms with van der Waals surface area (Å²) in [5.41, 5.74) is 1.41. The predicted molar refractivity (Wildman–Crippen MR) is 120 cm³/mol. The molecule has 0 heterocycles. The number of rotatable bonds is 7. The highest BCUT2D eigenvalue weighted by atomic mass is 35.5. The fraction of sp³-hybridized carbons (Fsp3) is 0.136. The summed E-state index contributed by atoms with van der Waals surface area (Å²) in [5, 5.41) is 0.284. The molecule has 0 N–H and O–H groups in total. The number of halogens is 2. The van der Waals surface area contributed by atoms with Gasteiger partial charge in [-0.2, -0.15) is 4.31 Å². The molecule has 0 aliphatic heterocycles. The van der Waals surface area contributed by atoms with E-state index in [4.69, 9.17) is 23.2 Å². The van der Waals surface area contributed by atoms with Crippen LogP contribution in [0.5, 0.6) is 0 Å². The molecule has 0 aliphatic carbocycles. The zero-order chi connectivity index (χ0) is 21.7. The first kappa shape index (κ1) is 22.3. The SMILES string of the molecule is CN(C(=O)CN(Cc1ccccc1)S(=O)(=O)c1cc(Cl)ccc1Cl)c1ccccc1. The molecule has 0 saturated carbocycles. The number of sulfonamides is 1. The number of benzene rings is 3. The molecule has 0 spiro atoms. The molecule has 30 heavy (non-hydrogen) atoms. The third kappa shape index (κ3) is 5.21. The maximum absolute atomic E-state index is 13.4. The van der Waals surface area contributed by atoms with Crippen molar-refractivity contribution in [3.8, 4) is 0 Å². The van der Waals surface area contributed by atoms with Crippen LogP contribution in [-0.2, 0) is 21.4 Å². The summed E-state index contributed by atoms with van der Waals surface area (Å²) in [7, 11) is -2.49. The second-order valence-electron chi connectivity index (χ2n) is 6.62. The molecule has 0 atom stereocenters. The maximum Gasteiger partial charge on any atom is 0.245 e. The van der Waals surface area contributed by atoms with Gasteiger partial charge in [-0.3, -0.25) is 4.79 Å². The van der Waals surface area contributed by atoms with Crippen molar-refractivity contribution in [3.63, 3.8) is 0 Å². The highest BCUT2D eigenvalue weighted by Crippen LogP contribution is 2.29. The minimum atomic E-state index is -4.09. The molecule has 0 aromatic heterocycles. The van der Waals surface area contributed by atoms with Crippen LogP contribution in [0, 0.1) is 0 Å². The van der Waals surface area contributed by atoms with Crippen molar-refractivity contribution in [1.82, 2.24) is 4.31 Å². The van der Waals surface area contributed by atoms with E-state index in [0.29, 0.717) is 5.69 Å². The summed E-state index contributed by atoms with van der Waals surface area (Å²) >= 11 is 12.2. The summed E-state index contributed by atoms with van der Waals surface area (Å²) in [5.74, 6) is -0.376. The molecule has 8 heteroatoms. The normalized spacial score (nSPS) is 11.5. The van der Waals surface area contributed by atoms with E-state index in [1.165, 1.54) is 23.1 Å². The Bertz CT molecular complexity index is 1120. The van der Waals surface area contributed by atoms with E-state index < -0.39 is 10.0 Å². The average molecular weight is 463 g/mol. The first-order chi connectivity index (χ1) is 14.3. The van der Waals surface area contributed by atoms with Crippen molar-refractivity contribution in [2.45, 2.75) is 11.4 Å². The summed E-state index contributed by atoms with van der Waals surface area (Å²) < 4.78 is 27.9. The van der Waals surface area contributed by atoms with E-state index in [1.807, 2.05) is 36.4 Å². The fourth-order valence-electron chi connectivity index (χ4n) is 2.88. The largest absolute Gasteiger partial charge is 0.314 e. The number of likely N-dealkylation sites (N-methyl/N-ethyl adjacent to an activating group) is 1. The Morgan fingerprint density at radius 2 is 1.50 bits per heavy atom. The monoisotopic (exact) mass is 462 g/mol. The van der Waals surface area contributed by atoms with E-state index in [2.05, 4.69) is 0 Å². The maximum atomic E-state index is 13.4. The van der Waals surface area contributed by atoms with Gasteiger partial charge in [-0.1, -0.05) is 71.7 Å². The van der Waals surface area contributed by atoms with E-state index >= 15 is 0 Å². The minimum absolute atomic E-state index is 0.0143. The van der Waals surface area contributed by atoms with Gasteiger partial charge in [-0.25, -0.2) is 8.42 Å². The smallest absolute Gasteiger partial charge is 0.245 e. The highest BCUT2D eigenvalue weighted by Gasteiger charge is 2.30. The molecule has 3 aromatic rings. The molecule has 0 radical (unpaired) electrons. The third-order valence-corrected chi connectivity index (χ3v) is 7.05. The molecule has 0 bridgehead atoms. The molecule has 3 aromatic carbocycles. The van der Waals surface area contributed by atoms with Gasteiger partial charge in [-0.15, -0.1) is 0 Å². The first-order valence-electron chi connectivity index (χ1n) is 9.10. The van der Waals surface area contributed by atoms with Gasteiger partial charge in [0.2, 0.25) is 15.9 Å². The number of hydrogen-bond acceptors (Lipinski definition) is 3. The summed E-state index contributed by atoms with van der Waals surface area (Å²) in [4.78, 5) is 14.2. The van der Waals surface area contributed by atoms with Crippen molar-refractivity contribution in [2.75, 3.05) is 18.5 Å². The van der Waals surface area contributed by atoms with E-state index in [-0.39, 0.29) is 33.9 Å². The second kappa shape index (κ2) is 9.62. The number of nitrogens with zero attached hydrogens (tertiary/aromatic N) is 2. The number of para-hydroxylation sites is 1. The topological polar surface area (TPSA) is 57.7 Å². The third-order valence-electron chi connectivity index (χ3n) is 4.54. The van der Waals surface area contributed by atoms with Crippen LogP contribution in [0.3, 0.4) is 0 Å². The summed E-state index contributed by atoms with van der Waals surface area (Å²) in [6.45, 7) is -0.341. The Morgan fingerprint density at radius 1 is 0.900 bits per heavy atom. The van der Waals surface area contributed by atoms with Crippen molar-refractivity contribution >= 4 is 44.8 Å². The van der Waals surface area contributed by atoms with E-state index in [0.717, 1.165) is 9.87 Å². The Balaban J connectivity index is 1.96. The fourth-order valence-corrected chi connectivity index (χ4v) is 4.99. The average Bonchev–Trinajstić information content (AvgIpc) is 2.75. The number of carbonyl (C=O) groups excluding carboxylic acids is 1. The molecule has 0 aliphatic rings. The second-order valence-corrected chi connectivity index (χ2v) is 9.37. The van der Waals surface area contributed by atoms with Gasteiger partial charge < -0.3 is 4.90 Å². The molecule has 3 rings (SSSR count). The van der Waals surface area contributed by atoms with Crippen molar-refractivity contribution < 1.29 is 13.2 Å². The highest BCUT2D eigenvalue weighted by molar-refractivity contribution is 7.89. The van der Waals surface area contributed by atoms with Crippen molar-refractivity contribution in [2.24, 2.45) is 0 Å². The van der Waals surface area contributed by atoms with Crippen LogP contribution in [-0.4, -0.2) is 32.2 Å². The lowest BCUT2D eigenvalue weighted by Crippen LogP contribution is -2.41. The molecule has 156 valence electrons. The molecule has 5 nitrogen and oxygen atoms in total. The van der Waals surface area contributed by atoms with Crippen LogP contribution >= 0.6 is 23.2 Å². The van der Waals surface area contributed by atoms with Crippen LogP contribution in [0.2, 0.25) is 10.0 Å². The summed E-state index contributed by atoms with van der Waals surface area (Å²) in [6, 6.07) is 22.3. The Hall–Kier alpha value is -2.38. The lowest BCUT2D eigenvalue weighted by Gasteiger charge is -2.25. The number of carbonyl (C=O) groups is 1. The molecule has 0 unspecified atom stereocenters. The summed E-state index contributed by atoms with van der Waals surface area (Å²) in [6.07, 6.45) is 0. The van der Waals surface area contributed by atoms with Gasteiger partial charge >= 0.3 is 0 Å². The van der Waals surface area contributed by atoms with Crippen molar-refractivity contribution in [1.29, 1.82) is 0 Å². The number of hydrogen-bond donors (Lipinski definition) is 0. The van der Waals surface area contributed by atoms with E-state index in [1.54, 1.807) is 31.3 Å². The van der Waals surface area contributed by atoms with Crippen LogP contribution < -0.4 is 4.90 Å². The van der Waals surface area contributed by atoms with Gasteiger partial charge in [-0.05, 0) is 35.9 Å².